The average molecular weight is 287 g/mol. The third-order valence-electron chi connectivity index (χ3n) is 2.66. The molecule has 21 heavy (non-hydrogen) atoms. The van der Waals surface area contributed by atoms with Gasteiger partial charge in [-0.15, -0.1) is 0 Å². The van der Waals surface area contributed by atoms with Crippen molar-refractivity contribution >= 4 is 17.6 Å². The molecule has 0 aliphatic rings. The molecule has 1 N–H and O–H groups in total. The minimum absolute atomic E-state index is 0.158. The molecule has 7 nitrogen and oxygen atoms in total. The predicted octanol–water partition coefficient (Wildman–Crippen LogP) is 0.669. The molecule has 0 aliphatic heterocycles. The first-order valence-corrected chi connectivity index (χ1v) is 6.10. The number of rotatable bonds is 4. The lowest BCUT2D eigenvalue weighted by molar-refractivity contribution is -0.116. The standard InChI is InChI=1S/C14H13N3O4/c1-21-13(19)10-4-2-5-11(8-10)16-12(18)9-17-7-3-6-15-14(17)20/h2-8H,9H2,1H3,(H,16,18). The van der Waals surface area contributed by atoms with Crippen LogP contribution in [0.2, 0.25) is 0 Å². The van der Waals surface area contributed by atoms with Crippen molar-refractivity contribution in [1.29, 1.82) is 0 Å². The van der Waals surface area contributed by atoms with E-state index in [1.807, 2.05) is 0 Å². The third-order valence-corrected chi connectivity index (χ3v) is 2.66. The number of ether oxygens (including phenoxy) is 1. The van der Waals surface area contributed by atoms with Gasteiger partial charge in [0.05, 0.1) is 12.7 Å². The molecule has 1 amide bonds. The van der Waals surface area contributed by atoms with Crippen LogP contribution in [0.1, 0.15) is 10.4 Å². The maximum Gasteiger partial charge on any atom is 0.347 e. The van der Waals surface area contributed by atoms with Gasteiger partial charge in [0.25, 0.3) is 0 Å². The number of methoxy groups -OCH3 is 1. The Bertz CT molecular complexity index is 724. The van der Waals surface area contributed by atoms with Crippen LogP contribution in [0.4, 0.5) is 5.69 Å². The number of nitrogens with zero attached hydrogens (tertiary/aromatic N) is 2. The quantitative estimate of drug-likeness (QED) is 0.835. The highest BCUT2D eigenvalue weighted by molar-refractivity contribution is 5.94. The first kappa shape index (κ1) is 14.4. The molecule has 0 bridgehead atoms. The van der Waals surface area contributed by atoms with Gasteiger partial charge < -0.3 is 10.1 Å². The van der Waals surface area contributed by atoms with Gasteiger partial charge in [0.1, 0.15) is 6.54 Å². The van der Waals surface area contributed by atoms with Crippen molar-refractivity contribution in [3.05, 3.63) is 58.8 Å². The van der Waals surface area contributed by atoms with Gasteiger partial charge in [-0.1, -0.05) is 6.07 Å². The first-order chi connectivity index (χ1) is 10.1. The number of hydrogen-bond donors (Lipinski definition) is 1. The molecular weight excluding hydrogens is 274 g/mol. The fourth-order valence-electron chi connectivity index (χ4n) is 1.70. The van der Waals surface area contributed by atoms with Gasteiger partial charge in [-0.2, -0.15) is 0 Å². The zero-order valence-electron chi connectivity index (χ0n) is 11.3. The van der Waals surface area contributed by atoms with E-state index in [9.17, 15) is 14.4 Å². The molecule has 1 aromatic carbocycles. The number of anilines is 1. The van der Waals surface area contributed by atoms with Crippen LogP contribution in [0.3, 0.4) is 0 Å². The van der Waals surface area contributed by atoms with Crippen molar-refractivity contribution in [3.63, 3.8) is 0 Å². The Labute approximate surface area is 120 Å². The smallest absolute Gasteiger partial charge is 0.347 e. The molecule has 0 spiro atoms. The number of amides is 1. The average Bonchev–Trinajstić information content (AvgIpc) is 2.49. The zero-order chi connectivity index (χ0) is 15.2. The summed E-state index contributed by atoms with van der Waals surface area (Å²) in [6.45, 7) is -0.158. The fraction of sp³-hybridized carbons (Fsp3) is 0.143. The lowest BCUT2D eigenvalue weighted by Crippen LogP contribution is -2.28. The molecule has 0 saturated heterocycles. The summed E-state index contributed by atoms with van der Waals surface area (Å²) in [6.07, 6.45) is 2.83. The highest BCUT2D eigenvalue weighted by Crippen LogP contribution is 2.11. The van der Waals surface area contributed by atoms with Crippen LogP contribution in [0, 0.1) is 0 Å². The largest absolute Gasteiger partial charge is 0.465 e. The van der Waals surface area contributed by atoms with E-state index in [2.05, 4.69) is 15.0 Å². The van der Waals surface area contributed by atoms with E-state index in [1.165, 1.54) is 30.1 Å². The molecule has 1 aromatic heterocycles. The van der Waals surface area contributed by atoms with Crippen LogP contribution < -0.4 is 11.0 Å². The highest BCUT2D eigenvalue weighted by atomic mass is 16.5. The summed E-state index contributed by atoms with van der Waals surface area (Å²) < 4.78 is 5.78. The molecular formula is C14H13N3O4. The van der Waals surface area contributed by atoms with E-state index in [0.29, 0.717) is 11.3 Å². The van der Waals surface area contributed by atoms with Gasteiger partial charge in [0, 0.05) is 18.1 Å². The first-order valence-electron chi connectivity index (χ1n) is 6.10. The van der Waals surface area contributed by atoms with Crippen molar-refractivity contribution in [3.8, 4) is 0 Å². The van der Waals surface area contributed by atoms with Crippen LogP contribution in [0.25, 0.3) is 0 Å². The Morgan fingerprint density at radius 1 is 1.33 bits per heavy atom. The highest BCUT2D eigenvalue weighted by Gasteiger charge is 2.08. The molecule has 0 unspecified atom stereocenters. The second kappa shape index (κ2) is 6.47. The molecule has 0 radical (unpaired) electrons. The summed E-state index contributed by atoms with van der Waals surface area (Å²) in [5, 5.41) is 2.60. The van der Waals surface area contributed by atoms with Crippen molar-refractivity contribution < 1.29 is 14.3 Å². The van der Waals surface area contributed by atoms with Crippen molar-refractivity contribution in [1.82, 2.24) is 9.55 Å². The van der Waals surface area contributed by atoms with Crippen LogP contribution in [-0.2, 0) is 16.1 Å². The summed E-state index contributed by atoms with van der Waals surface area (Å²) in [4.78, 5) is 38.2. The Hall–Kier alpha value is -2.96. The molecule has 0 fully saturated rings. The summed E-state index contributed by atoms with van der Waals surface area (Å²) in [6, 6.07) is 7.89. The van der Waals surface area contributed by atoms with Crippen molar-refractivity contribution in [2.24, 2.45) is 0 Å². The minimum Gasteiger partial charge on any atom is -0.465 e. The maximum absolute atomic E-state index is 11.9. The number of nitrogens with one attached hydrogen (secondary N) is 1. The maximum atomic E-state index is 11.9. The number of carbonyl (C=O) groups excluding carboxylic acids is 2. The van der Waals surface area contributed by atoms with Crippen molar-refractivity contribution in [2.45, 2.75) is 6.54 Å². The molecule has 108 valence electrons. The SMILES string of the molecule is COC(=O)c1cccc(NC(=O)Cn2cccnc2=O)c1. The molecule has 2 aromatic rings. The Morgan fingerprint density at radius 3 is 2.86 bits per heavy atom. The van der Waals surface area contributed by atoms with E-state index in [-0.39, 0.29) is 6.54 Å². The van der Waals surface area contributed by atoms with Crippen LogP contribution in [0.15, 0.2) is 47.5 Å². The molecule has 0 saturated carbocycles. The molecule has 1 heterocycles. The number of carbonyl (C=O) groups is 2. The second-order valence-electron chi connectivity index (χ2n) is 4.15. The number of benzene rings is 1. The Balaban J connectivity index is 2.08. The van der Waals surface area contributed by atoms with E-state index in [1.54, 1.807) is 24.3 Å². The fourth-order valence-corrected chi connectivity index (χ4v) is 1.70. The topological polar surface area (TPSA) is 90.3 Å². The number of hydrogen-bond acceptors (Lipinski definition) is 5. The van der Waals surface area contributed by atoms with Gasteiger partial charge in [-0.25, -0.2) is 14.6 Å². The Kier molecular flexibility index (Phi) is 4.45. The summed E-state index contributed by atoms with van der Waals surface area (Å²) in [7, 11) is 1.28. The van der Waals surface area contributed by atoms with Gasteiger partial charge in [0.2, 0.25) is 5.91 Å². The number of esters is 1. The molecule has 0 atom stereocenters. The predicted molar refractivity (Wildman–Crippen MR) is 74.9 cm³/mol. The van der Waals surface area contributed by atoms with Gasteiger partial charge in [-0.05, 0) is 24.3 Å². The molecule has 7 heteroatoms. The lowest BCUT2D eigenvalue weighted by Gasteiger charge is -2.07. The van der Waals surface area contributed by atoms with Gasteiger partial charge >= 0.3 is 11.7 Å². The van der Waals surface area contributed by atoms with E-state index in [0.717, 1.165) is 0 Å². The van der Waals surface area contributed by atoms with Crippen LogP contribution in [0.5, 0.6) is 0 Å². The van der Waals surface area contributed by atoms with E-state index >= 15 is 0 Å². The molecule has 2 rings (SSSR count). The number of aromatic nitrogens is 2. The minimum atomic E-state index is -0.504. The van der Waals surface area contributed by atoms with E-state index < -0.39 is 17.6 Å². The van der Waals surface area contributed by atoms with Crippen LogP contribution >= 0.6 is 0 Å². The Morgan fingerprint density at radius 2 is 2.14 bits per heavy atom. The van der Waals surface area contributed by atoms with Crippen LogP contribution in [-0.4, -0.2) is 28.5 Å². The summed E-state index contributed by atoms with van der Waals surface area (Å²) in [5.41, 5.74) is 0.268. The zero-order valence-corrected chi connectivity index (χ0v) is 11.3. The summed E-state index contributed by atoms with van der Waals surface area (Å²) >= 11 is 0. The normalized spacial score (nSPS) is 9.95. The molecule has 0 aliphatic carbocycles. The van der Waals surface area contributed by atoms with Gasteiger partial charge in [0.15, 0.2) is 0 Å². The third kappa shape index (κ3) is 3.75. The monoisotopic (exact) mass is 287 g/mol. The van der Waals surface area contributed by atoms with Gasteiger partial charge in [-0.3, -0.25) is 9.36 Å². The summed E-state index contributed by atoms with van der Waals surface area (Å²) in [5.74, 6) is -0.887. The van der Waals surface area contributed by atoms with E-state index in [4.69, 9.17) is 0 Å². The van der Waals surface area contributed by atoms with Crippen molar-refractivity contribution in [2.75, 3.05) is 12.4 Å². The second-order valence-corrected chi connectivity index (χ2v) is 4.15. The lowest BCUT2D eigenvalue weighted by atomic mass is 10.2.